The molecule has 0 saturated carbocycles. The van der Waals surface area contributed by atoms with Crippen molar-refractivity contribution < 1.29 is 4.74 Å². The maximum Gasteiger partial charge on any atom is 0.130 e. The lowest BCUT2D eigenvalue weighted by Gasteiger charge is -2.24. The Balaban J connectivity index is 0.00000160. The van der Waals surface area contributed by atoms with E-state index in [1.165, 1.54) is 54.4 Å². The molecule has 0 amide bonds. The van der Waals surface area contributed by atoms with Crippen molar-refractivity contribution in [1.29, 1.82) is 0 Å². The summed E-state index contributed by atoms with van der Waals surface area (Å²) in [6, 6.07) is 4.45. The first kappa shape index (κ1) is 25.0. The number of hydrogen-bond acceptors (Lipinski definition) is 4. The van der Waals surface area contributed by atoms with E-state index in [-0.39, 0.29) is 30.4 Å². The maximum absolute atomic E-state index is 6.18. The van der Waals surface area contributed by atoms with Crippen LogP contribution in [0.1, 0.15) is 63.1 Å². The molecule has 2 aliphatic rings. The number of aromatic nitrogens is 1. The molecule has 0 spiro atoms. The molecular weight excluding hydrogens is 417 g/mol. The largest absolute Gasteiger partial charge is 0.493 e. The van der Waals surface area contributed by atoms with Crippen LogP contribution < -0.4 is 10.1 Å². The molecule has 1 saturated heterocycles. The summed E-state index contributed by atoms with van der Waals surface area (Å²) in [6.45, 7) is 13.2. The molecule has 1 fully saturated rings. The molecule has 0 atom stereocenters. The lowest BCUT2D eigenvalue weighted by molar-refractivity contribution is 0.262. The van der Waals surface area contributed by atoms with E-state index in [4.69, 9.17) is 9.72 Å². The van der Waals surface area contributed by atoms with Crippen LogP contribution in [0.5, 0.6) is 5.75 Å². The molecule has 4 nitrogen and oxygen atoms in total. The molecule has 0 radical (unpaired) electrons. The van der Waals surface area contributed by atoms with Gasteiger partial charge in [0.1, 0.15) is 11.6 Å². The quantitative estimate of drug-likeness (QED) is 0.548. The molecule has 168 valence electrons. The highest BCUT2D eigenvalue weighted by Crippen LogP contribution is 2.37. The van der Waals surface area contributed by atoms with Gasteiger partial charge < -0.3 is 15.0 Å². The number of pyridine rings is 1. The Morgan fingerprint density at radius 1 is 1.03 bits per heavy atom. The number of likely N-dealkylation sites (tertiary alicyclic amines) is 1. The van der Waals surface area contributed by atoms with Gasteiger partial charge in [-0.25, -0.2) is 4.98 Å². The van der Waals surface area contributed by atoms with E-state index in [1.54, 1.807) is 0 Å². The van der Waals surface area contributed by atoms with E-state index in [0.717, 1.165) is 49.5 Å². The smallest absolute Gasteiger partial charge is 0.130 e. The molecule has 1 aromatic carbocycles. The third-order valence-corrected chi connectivity index (χ3v) is 5.92. The summed E-state index contributed by atoms with van der Waals surface area (Å²) in [6.07, 6.45) is 7.30. The Morgan fingerprint density at radius 3 is 2.43 bits per heavy atom. The number of nitrogens with zero attached hydrogens (tertiary/aromatic N) is 2. The van der Waals surface area contributed by atoms with E-state index in [2.05, 4.69) is 50.0 Å². The first-order valence-corrected chi connectivity index (χ1v) is 11.0. The minimum atomic E-state index is 0. The van der Waals surface area contributed by atoms with E-state index < -0.39 is 0 Å². The predicted molar refractivity (Wildman–Crippen MR) is 132 cm³/mol. The van der Waals surface area contributed by atoms with Crippen molar-refractivity contribution in [2.45, 2.75) is 71.8 Å². The van der Waals surface area contributed by atoms with Crippen molar-refractivity contribution in [3.05, 3.63) is 28.8 Å². The van der Waals surface area contributed by atoms with Gasteiger partial charge in [-0.2, -0.15) is 0 Å². The van der Waals surface area contributed by atoms with Gasteiger partial charge in [0.25, 0.3) is 0 Å². The van der Waals surface area contributed by atoms with E-state index >= 15 is 0 Å². The number of anilines is 1. The van der Waals surface area contributed by atoms with Crippen molar-refractivity contribution >= 4 is 41.5 Å². The van der Waals surface area contributed by atoms with Crippen LogP contribution in [-0.4, -0.2) is 41.7 Å². The molecule has 1 aliphatic carbocycles. The Morgan fingerprint density at radius 2 is 1.73 bits per heavy atom. The average molecular weight is 454 g/mol. The second kappa shape index (κ2) is 10.4. The van der Waals surface area contributed by atoms with Gasteiger partial charge in [0.05, 0.1) is 12.1 Å². The molecule has 0 bridgehead atoms. The van der Waals surface area contributed by atoms with E-state index in [0.29, 0.717) is 0 Å². The third-order valence-electron chi connectivity index (χ3n) is 5.92. The molecule has 1 N–H and O–H groups in total. The van der Waals surface area contributed by atoms with Crippen LogP contribution in [0.15, 0.2) is 12.1 Å². The van der Waals surface area contributed by atoms with Crippen LogP contribution in [0.2, 0.25) is 0 Å². The summed E-state index contributed by atoms with van der Waals surface area (Å²) < 4.78 is 6.18. The zero-order valence-electron chi connectivity index (χ0n) is 18.8. The van der Waals surface area contributed by atoms with Gasteiger partial charge in [0, 0.05) is 23.5 Å². The van der Waals surface area contributed by atoms with Crippen molar-refractivity contribution in [2.24, 2.45) is 0 Å². The van der Waals surface area contributed by atoms with Gasteiger partial charge in [0.15, 0.2) is 0 Å². The predicted octanol–water partition coefficient (Wildman–Crippen LogP) is 5.95. The second-order valence-electron chi connectivity index (χ2n) is 9.53. The van der Waals surface area contributed by atoms with Crippen molar-refractivity contribution in [3.63, 3.8) is 0 Å². The third kappa shape index (κ3) is 5.72. The van der Waals surface area contributed by atoms with Gasteiger partial charge >= 0.3 is 0 Å². The van der Waals surface area contributed by atoms with Gasteiger partial charge in [-0.1, -0.05) is 0 Å². The van der Waals surface area contributed by atoms with E-state index in [1.807, 2.05) is 0 Å². The number of nitrogens with one attached hydrogen (secondary N) is 1. The monoisotopic (exact) mass is 453 g/mol. The van der Waals surface area contributed by atoms with Crippen LogP contribution in [0.25, 0.3) is 10.9 Å². The number of aryl methyl sites for hydroxylation is 2. The number of rotatable bonds is 6. The van der Waals surface area contributed by atoms with Crippen LogP contribution in [0.3, 0.4) is 0 Å². The molecule has 6 heteroatoms. The Kier molecular flexibility index (Phi) is 8.67. The first-order chi connectivity index (χ1) is 13.4. The first-order valence-electron chi connectivity index (χ1n) is 11.0. The van der Waals surface area contributed by atoms with Crippen LogP contribution in [0, 0.1) is 6.92 Å². The van der Waals surface area contributed by atoms with Crippen molar-refractivity contribution in [3.8, 4) is 5.75 Å². The topological polar surface area (TPSA) is 37.4 Å². The molecule has 1 aliphatic heterocycles. The van der Waals surface area contributed by atoms with Crippen LogP contribution in [-0.2, 0) is 12.8 Å². The standard InChI is InChI=1S/C24H35N3O.2ClH/c1-17-15-20-18-9-7-10-19(18)23(26-24(2,3)4)25-21(20)16-22(17)28-14-8-13-27-11-5-6-12-27;;/h15-16H,5-14H2,1-4H3,(H,25,26);2*1H. The van der Waals surface area contributed by atoms with E-state index in [9.17, 15) is 0 Å². The zero-order chi connectivity index (χ0) is 19.7. The summed E-state index contributed by atoms with van der Waals surface area (Å²) in [7, 11) is 0. The molecule has 0 unspecified atom stereocenters. The fraction of sp³-hybridized carbons (Fsp3) is 0.625. The average Bonchev–Trinajstić information content (AvgIpc) is 3.30. The lowest BCUT2D eigenvalue weighted by Crippen LogP contribution is -2.27. The molecule has 30 heavy (non-hydrogen) atoms. The van der Waals surface area contributed by atoms with Gasteiger partial charge in [-0.3, -0.25) is 0 Å². The number of fused-ring (bicyclic) bond motifs is 3. The fourth-order valence-corrected chi connectivity index (χ4v) is 4.59. The van der Waals surface area contributed by atoms with Crippen molar-refractivity contribution in [2.75, 3.05) is 31.6 Å². The maximum atomic E-state index is 6.18. The van der Waals surface area contributed by atoms with Gasteiger partial charge in [-0.15, -0.1) is 24.8 Å². The zero-order valence-corrected chi connectivity index (χ0v) is 20.5. The normalized spacial score (nSPS) is 16.1. The summed E-state index contributed by atoms with van der Waals surface area (Å²) in [5.41, 5.74) is 5.20. The SMILES string of the molecule is Cc1cc2c3c(c(NC(C)(C)C)nc2cc1OCCCN1CCCC1)CCC3.Cl.Cl. The Hall–Kier alpha value is -1.23. The molecular formula is C24H37Cl2N3O. The summed E-state index contributed by atoms with van der Waals surface area (Å²) >= 11 is 0. The number of benzene rings is 1. The number of hydrogen-bond donors (Lipinski definition) is 1. The van der Waals surface area contributed by atoms with Crippen LogP contribution in [0.4, 0.5) is 5.82 Å². The molecule has 2 aromatic rings. The summed E-state index contributed by atoms with van der Waals surface area (Å²) in [5.74, 6) is 2.05. The highest BCUT2D eigenvalue weighted by atomic mass is 35.5. The summed E-state index contributed by atoms with van der Waals surface area (Å²) in [5, 5.41) is 4.95. The minimum absolute atomic E-state index is 0. The lowest BCUT2D eigenvalue weighted by atomic mass is 10.0. The Labute approximate surface area is 194 Å². The van der Waals surface area contributed by atoms with Crippen molar-refractivity contribution in [1.82, 2.24) is 9.88 Å². The second-order valence-corrected chi connectivity index (χ2v) is 9.53. The van der Waals surface area contributed by atoms with Gasteiger partial charge in [-0.05, 0) is 102 Å². The molecule has 2 heterocycles. The highest BCUT2D eigenvalue weighted by molar-refractivity contribution is 5.88. The summed E-state index contributed by atoms with van der Waals surface area (Å²) in [4.78, 5) is 7.57. The highest BCUT2D eigenvalue weighted by Gasteiger charge is 2.23. The Bertz CT molecular complexity index is 858. The molecule has 4 rings (SSSR count). The van der Waals surface area contributed by atoms with Gasteiger partial charge in [0.2, 0.25) is 0 Å². The fourth-order valence-electron chi connectivity index (χ4n) is 4.59. The van der Waals surface area contributed by atoms with Crippen LogP contribution >= 0.6 is 24.8 Å². The number of halogens is 2. The minimum Gasteiger partial charge on any atom is -0.493 e. The number of ether oxygens (including phenoxy) is 1. The molecule has 1 aromatic heterocycles.